The molecule has 98 valence electrons. The van der Waals surface area contributed by atoms with Crippen LogP contribution in [0.3, 0.4) is 0 Å². The quantitative estimate of drug-likeness (QED) is 0.553. The van der Waals surface area contributed by atoms with Gasteiger partial charge in [0.1, 0.15) is 0 Å². The average molecular weight is 252 g/mol. The standard InChI is InChI=1S/C11H24O4S/c1-4-5-6-7-16(12,13)10-11(8-14-2)9-15-3/h11H,4-10H2,1-3H3. The van der Waals surface area contributed by atoms with Gasteiger partial charge in [0.2, 0.25) is 0 Å². The SMILES string of the molecule is CCCCCS(=O)(=O)CC(COC)COC. The maximum absolute atomic E-state index is 11.8. The highest BCUT2D eigenvalue weighted by Gasteiger charge is 2.18. The minimum atomic E-state index is -2.96. The van der Waals surface area contributed by atoms with E-state index in [4.69, 9.17) is 9.47 Å². The van der Waals surface area contributed by atoms with Crippen molar-refractivity contribution in [1.82, 2.24) is 0 Å². The summed E-state index contributed by atoms with van der Waals surface area (Å²) < 4.78 is 33.5. The van der Waals surface area contributed by atoms with E-state index in [0.717, 1.165) is 19.3 Å². The fourth-order valence-electron chi connectivity index (χ4n) is 1.63. The molecule has 0 unspecified atom stereocenters. The minimum absolute atomic E-state index is 0.0540. The molecule has 16 heavy (non-hydrogen) atoms. The first-order chi connectivity index (χ1) is 7.55. The summed E-state index contributed by atoms with van der Waals surface area (Å²) in [6.45, 7) is 2.92. The van der Waals surface area contributed by atoms with E-state index >= 15 is 0 Å². The van der Waals surface area contributed by atoms with E-state index in [2.05, 4.69) is 6.92 Å². The molecule has 0 rings (SSSR count). The van der Waals surface area contributed by atoms with E-state index in [-0.39, 0.29) is 17.4 Å². The smallest absolute Gasteiger partial charge is 0.150 e. The molecule has 0 radical (unpaired) electrons. The molecule has 0 aliphatic heterocycles. The van der Waals surface area contributed by atoms with Crippen LogP contribution in [0.2, 0.25) is 0 Å². The number of rotatable bonds is 10. The molecule has 0 aromatic heterocycles. The third-order valence-corrected chi connectivity index (χ3v) is 4.24. The zero-order chi connectivity index (χ0) is 12.4. The van der Waals surface area contributed by atoms with Gasteiger partial charge in [-0.1, -0.05) is 19.8 Å². The molecule has 0 saturated heterocycles. The molecule has 4 nitrogen and oxygen atoms in total. The molecule has 0 aliphatic rings. The van der Waals surface area contributed by atoms with Gasteiger partial charge in [0.25, 0.3) is 0 Å². The summed E-state index contributed by atoms with van der Waals surface area (Å²) in [6.07, 6.45) is 2.76. The number of methoxy groups -OCH3 is 2. The Balaban J connectivity index is 4.08. The summed E-state index contributed by atoms with van der Waals surface area (Å²) in [5.41, 5.74) is 0. The van der Waals surface area contributed by atoms with Gasteiger partial charge in [-0.05, 0) is 6.42 Å². The fraction of sp³-hybridized carbons (Fsp3) is 1.00. The Morgan fingerprint density at radius 1 is 1.06 bits per heavy atom. The van der Waals surface area contributed by atoms with Gasteiger partial charge in [0.15, 0.2) is 9.84 Å². The van der Waals surface area contributed by atoms with Crippen LogP contribution < -0.4 is 0 Å². The fourth-order valence-corrected chi connectivity index (χ4v) is 3.35. The van der Waals surface area contributed by atoms with Crippen molar-refractivity contribution in [3.8, 4) is 0 Å². The largest absolute Gasteiger partial charge is 0.384 e. The van der Waals surface area contributed by atoms with Crippen LogP contribution in [0.5, 0.6) is 0 Å². The van der Waals surface area contributed by atoms with Crippen LogP contribution >= 0.6 is 0 Å². The lowest BCUT2D eigenvalue weighted by atomic mass is 10.2. The first-order valence-corrected chi connectivity index (χ1v) is 7.56. The lowest BCUT2D eigenvalue weighted by molar-refractivity contribution is 0.0945. The summed E-state index contributed by atoms with van der Waals surface area (Å²) in [4.78, 5) is 0. The Morgan fingerprint density at radius 2 is 1.62 bits per heavy atom. The molecule has 0 amide bonds. The van der Waals surface area contributed by atoms with Crippen LogP contribution in [0.4, 0.5) is 0 Å². The van der Waals surface area contributed by atoms with Crippen molar-refractivity contribution in [1.29, 1.82) is 0 Å². The molecule has 0 aromatic rings. The van der Waals surface area contributed by atoms with Crippen LogP contribution in [0.25, 0.3) is 0 Å². The summed E-state index contributed by atoms with van der Waals surface area (Å²) in [5.74, 6) is 0.394. The monoisotopic (exact) mass is 252 g/mol. The summed E-state index contributed by atoms with van der Waals surface area (Å²) in [5, 5.41) is 0. The molecule has 0 fully saturated rings. The van der Waals surface area contributed by atoms with Gasteiger partial charge in [-0.25, -0.2) is 8.42 Å². The van der Waals surface area contributed by atoms with E-state index in [9.17, 15) is 8.42 Å². The maximum Gasteiger partial charge on any atom is 0.150 e. The van der Waals surface area contributed by atoms with E-state index in [0.29, 0.717) is 13.2 Å². The number of unbranched alkanes of at least 4 members (excludes halogenated alkanes) is 2. The predicted octanol–water partition coefficient (Wildman–Crippen LogP) is 1.50. The molecular formula is C11H24O4S. The van der Waals surface area contributed by atoms with Crippen molar-refractivity contribution in [2.45, 2.75) is 26.2 Å². The minimum Gasteiger partial charge on any atom is -0.384 e. The average Bonchev–Trinajstić information content (AvgIpc) is 2.18. The molecule has 5 heteroatoms. The highest BCUT2D eigenvalue weighted by Crippen LogP contribution is 2.07. The molecule has 0 atom stereocenters. The molecule has 0 N–H and O–H groups in total. The number of sulfone groups is 1. The van der Waals surface area contributed by atoms with Gasteiger partial charge in [-0.15, -0.1) is 0 Å². The lowest BCUT2D eigenvalue weighted by Gasteiger charge is -2.15. The Hall–Kier alpha value is -0.130. The van der Waals surface area contributed by atoms with Gasteiger partial charge in [-0.3, -0.25) is 0 Å². The molecule has 0 heterocycles. The van der Waals surface area contributed by atoms with Gasteiger partial charge < -0.3 is 9.47 Å². The summed E-state index contributed by atoms with van der Waals surface area (Å²) in [7, 11) is 0.194. The molecule has 0 saturated carbocycles. The Bertz CT molecular complexity index is 243. The first kappa shape index (κ1) is 15.9. The normalized spacial score (nSPS) is 12.2. The van der Waals surface area contributed by atoms with Crippen LogP contribution in [0.15, 0.2) is 0 Å². The molecule has 0 aromatic carbocycles. The van der Waals surface area contributed by atoms with Gasteiger partial charge in [0.05, 0.1) is 24.7 Å². The second kappa shape index (κ2) is 8.96. The summed E-state index contributed by atoms with van der Waals surface area (Å²) >= 11 is 0. The second-order valence-electron chi connectivity index (χ2n) is 4.10. The highest BCUT2D eigenvalue weighted by molar-refractivity contribution is 7.91. The van der Waals surface area contributed by atoms with E-state index in [1.807, 2.05) is 0 Å². The van der Waals surface area contributed by atoms with Gasteiger partial charge >= 0.3 is 0 Å². The third kappa shape index (κ3) is 8.07. The van der Waals surface area contributed by atoms with Crippen molar-refractivity contribution >= 4 is 9.84 Å². The lowest BCUT2D eigenvalue weighted by Crippen LogP contribution is -2.25. The number of hydrogen-bond acceptors (Lipinski definition) is 4. The van der Waals surface area contributed by atoms with Crippen LogP contribution in [-0.4, -0.2) is 47.4 Å². The molecular weight excluding hydrogens is 228 g/mol. The van der Waals surface area contributed by atoms with E-state index in [1.165, 1.54) is 0 Å². The van der Waals surface area contributed by atoms with Crippen LogP contribution in [-0.2, 0) is 19.3 Å². The highest BCUT2D eigenvalue weighted by atomic mass is 32.2. The van der Waals surface area contributed by atoms with Crippen molar-refractivity contribution in [3.63, 3.8) is 0 Å². The molecule has 0 bridgehead atoms. The van der Waals surface area contributed by atoms with E-state index in [1.54, 1.807) is 14.2 Å². The molecule has 0 spiro atoms. The van der Waals surface area contributed by atoms with Crippen molar-refractivity contribution in [2.75, 3.05) is 38.9 Å². The maximum atomic E-state index is 11.8. The number of hydrogen-bond donors (Lipinski definition) is 0. The topological polar surface area (TPSA) is 52.6 Å². The zero-order valence-electron chi connectivity index (χ0n) is 10.6. The molecule has 0 aliphatic carbocycles. The Labute approximate surface area is 99.2 Å². The van der Waals surface area contributed by atoms with Crippen LogP contribution in [0.1, 0.15) is 26.2 Å². The Kier molecular flexibility index (Phi) is 8.89. The number of ether oxygens (including phenoxy) is 2. The van der Waals surface area contributed by atoms with Gasteiger partial charge in [0, 0.05) is 20.1 Å². The van der Waals surface area contributed by atoms with Crippen molar-refractivity contribution in [3.05, 3.63) is 0 Å². The summed E-state index contributed by atoms with van der Waals surface area (Å²) in [6, 6.07) is 0. The predicted molar refractivity (Wildman–Crippen MR) is 65.4 cm³/mol. The second-order valence-corrected chi connectivity index (χ2v) is 6.33. The third-order valence-electron chi connectivity index (χ3n) is 2.35. The zero-order valence-corrected chi connectivity index (χ0v) is 11.4. The van der Waals surface area contributed by atoms with Crippen molar-refractivity contribution in [2.24, 2.45) is 5.92 Å². The Morgan fingerprint density at radius 3 is 2.06 bits per heavy atom. The van der Waals surface area contributed by atoms with E-state index < -0.39 is 9.84 Å². The first-order valence-electron chi connectivity index (χ1n) is 5.74. The van der Waals surface area contributed by atoms with Crippen LogP contribution in [0, 0.1) is 5.92 Å². The van der Waals surface area contributed by atoms with Crippen molar-refractivity contribution < 1.29 is 17.9 Å². The van der Waals surface area contributed by atoms with Gasteiger partial charge in [-0.2, -0.15) is 0 Å².